The van der Waals surface area contributed by atoms with Gasteiger partial charge in [-0.25, -0.2) is 9.18 Å². The summed E-state index contributed by atoms with van der Waals surface area (Å²) in [7, 11) is 0. The number of ether oxygens (including phenoxy) is 1. The number of aromatic amines is 1. The van der Waals surface area contributed by atoms with Gasteiger partial charge < -0.3 is 25.7 Å². The van der Waals surface area contributed by atoms with Gasteiger partial charge in [-0.3, -0.25) is 14.8 Å². The van der Waals surface area contributed by atoms with Crippen LogP contribution in [0.2, 0.25) is 5.02 Å². The van der Waals surface area contributed by atoms with E-state index in [1.807, 2.05) is 24.3 Å². The summed E-state index contributed by atoms with van der Waals surface area (Å²) in [6, 6.07) is 13.7. The molecule has 2 fully saturated rings. The third-order valence-electron chi connectivity index (χ3n) is 8.76. The molecule has 4 heterocycles. The molecule has 4 aromatic rings. The maximum atomic E-state index is 15.3. The lowest BCUT2D eigenvalue weighted by Crippen LogP contribution is -2.45. The molecule has 0 spiro atoms. The number of aryl methyl sites for hydroxylation is 1. The number of H-pyrrole nitrogens is 1. The number of aromatic nitrogens is 3. The molecule has 0 saturated carbocycles. The number of carbonyl (C=O) groups is 1. The van der Waals surface area contributed by atoms with Crippen LogP contribution in [0.1, 0.15) is 62.6 Å². The minimum atomic E-state index is -0.546. The summed E-state index contributed by atoms with van der Waals surface area (Å²) in [5, 5.41) is 18.0. The van der Waals surface area contributed by atoms with Crippen molar-refractivity contribution in [3.8, 4) is 16.9 Å². The predicted molar refractivity (Wildman–Crippen MR) is 177 cm³/mol. The maximum Gasteiger partial charge on any atom is 0.354 e. The first-order chi connectivity index (χ1) is 22.2. The van der Waals surface area contributed by atoms with E-state index in [1.54, 1.807) is 31.3 Å². The number of carbonyl (C=O) groups excluding carboxylic acids is 1. The van der Waals surface area contributed by atoms with Gasteiger partial charge in [-0.2, -0.15) is 4.98 Å². The lowest BCUT2D eigenvalue weighted by Gasteiger charge is -2.31. The van der Waals surface area contributed by atoms with Crippen LogP contribution >= 0.6 is 11.6 Å². The van der Waals surface area contributed by atoms with Gasteiger partial charge in [0.25, 0.3) is 0 Å². The Balaban J connectivity index is 1.16. The Hall–Kier alpha value is -4.06. The smallest absolute Gasteiger partial charge is 0.354 e. The van der Waals surface area contributed by atoms with Crippen LogP contribution in [0, 0.1) is 11.2 Å². The monoisotopic (exact) mass is 647 g/mol. The van der Waals surface area contributed by atoms with E-state index in [4.69, 9.17) is 21.7 Å². The number of halogens is 2. The molecule has 1 amide bonds. The highest BCUT2D eigenvalue weighted by Gasteiger charge is 2.23. The lowest BCUT2D eigenvalue weighted by atomic mass is 9.92. The number of amides is 1. The van der Waals surface area contributed by atoms with Gasteiger partial charge >= 0.3 is 5.69 Å². The molecule has 12 heteroatoms. The Bertz CT molecular complexity index is 1790. The number of piperidine rings is 1. The highest BCUT2D eigenvalue weighted by Crippen LogP contribution is 2.32. The topological polar surface area (TPSA) is 137 Å². The van der Waals surface area contributed by atoms with Gasteiger partial charge in [0.1, 0.15) is 12.3 Å². The highest BCUT2D eigenvalue weighted by atomic mass is 35.5. The lowest BCUT2D eigenvalue weighted by molar-refractivity contribution is -0.131. The number of benzene rings is 2. The fourth-order valence-corrected chi connectivity index (χ4v) is 6.68. The van der Waals surface area contributed by atoms with E-state index < -0.39 is 11.5 Å². The standard InChI is InChI=1S/C34H39ClFN7O3/c1-20(37)38-13-12-24-5-3-7-29(39-24)22-8-10-26(11-9-22)43-17-23-16-30(41-33(23)42-34(43)45)27-14-21(15-28(35)32(27)36)4-2-6-25-18-46-19-31(44)40-25/h8-11,14-17,24-25,29,39H,2-7,12-13,18-19H2,1H3,(H2,37,38)(H,40,44)(H,41,42,45)/t24-,25+,29-/m0/s1. The van der Waals surface area contributed by atoms with Crippen molar-refractivity contribution < 1.29 is 13.9 Å². The van der Waals surface area contributed by atoms with Crippen molar-refractivity contribution in [2.45, 2.75) is 70.0 Å². The van der Waals surface area contributed by atoms with Crippen LogP contribution in [0.5, 0.6) is 0 Å². The third kappa shape index (κ3) is 7.49. The van der Waals surface area contributed by atoms with Crippen molar-refractivity contribution >= 4 is 34.4 Å². The van der Waals surface area contributed by atoms with Gasteiger partial charge in [0.15, 0.2) is 5.82 Å². The van der Waals surface area contributed by atoms with Crippen LogP contribution in [0.15, 0.2) is 53.5 Å². The average Bonchev–Trinajstić information content (AvgIpc) is 3.45. The zero-order valence-corrected chi connectivity index (χ0v) is 26.6. The van der Waals surface area contributed by atoms with Crippen LogP contribution in [0.25, 0.3) is 28.0 Å². The van der Waals surface area contributed by atoms with Crippen LogP contribution in [0.3, 0.4) is 0 Å². The number of rotatable bonds is 10. The number of nitrogens with one attached hydrogen (secondary N) is 5. The Morgan fingerprint density at radius 3 is 2.76 bits per heavy atom. The van der Waals surface area contributed by atoms with Crippen LogP contribution in [-0.4, -0.2) is 58.1 Å². The Morgan fingerprint density at radius 2 is 1.98 bits per heavy atom. The summed E-state index contributed by atoms with van der Waals surface area (Å²) in [4.78, 5) is 32.0. The molecule has 46 heavy (non-hydrogen) atoms. The Morgan fingerprint density at radius 1 is 1.15 bits per heavy atom. The van der Waals surface area contributed by atoms with Crippen LogP contribution in [0.4, 0.5) is 4.39 Å². The summed E-state index contributed by atoms with van der Waals surface area (Å²) < 4.78 is 22.1. The van der Waals surface area contributed by atoms with Crippen molar-refractivity contribution in [2.24, 2.45) is 0 Å². The van der Waals surface area contributed by atoms with Crippen molar-refractivity contribution in [1.82, 2.24) is 30.5 Å². The first-order valence-corrected chi connectivity index (χ1v) is 16.2. The minimum Gasteiger partial charge on any atom is -0.374 e. The summed E-state index contributed by atoms with van der Waals surface area (Å²) >= 11 is 6.30. The molecule has 10 nitrogen and oxygen atoms in total. The molecule has 242 valence electrons. The Kier molecular flexibility index (Phi) is 9.81. The van der Waals surface area contributed by atoms with Crippen LogP contribution < -0.4 is 21.6 Å². The van der Waals surface area contributed by atoms with E-state index in [9.17, 15) is 9.59 Å². The third-order valence-corrected chi connectivity index (χ3v) is 9.04. The molecule has 0 unspecified atom stereocenters. The van der Waals surface area contributed by atoms with E-state index in [1.165, 1.54) is 10.1 Å². The molecule has 6 rings (SSSR count). The van der Waals surface area contributed by atoms with E-state index >= 15 is 4.39 Å². The number of nitrogens with zero attached hydrogens (tertiary/aromatic N) is 2. The quantitative estimate of drug-likeness (QED) is 0.119. The van der Waals surface area contributed by atoms with Gasteiger partial charge in [0.05, 0.1) is 34.9 Å². The van der Waals surface area contributed by atoms with Crippen molar-refractivity contribution in [2.75, 3.05) is 19.8 Å². The summed E-state index contributed by atoms with van der Waals surface area (Å²) in [6.07, 6.45) is 8.12. The minimum absolute atomic E-state index is 0.0185. The predicted octanol–water partition coefficient (Wildman–Crippen LogP) is 5.17. The van der Waals surface area contributed by atoms with E-state index in [0.717, 1.165) is 50.6 Å². The van der Waals surface area contributed by atoms with Crippen molar-refractivity contribution in [3.63, 3.8) is 0 Å². The first-order valence-electron chi connectivity index (χ1n) is 15.9. The second kappa shape index (κ2) is 14.1. The molecule has 2 aromatic heterocycles. The molecule has 5 N–H and O–H groups in total. The van der Waals surface area contributed by atoms with E-state index in [-0.39, 0.29) is 29.6 Å². The second-order valence-corrected chi connectivity index (χ2v) is 12.7. The maximum absolute atomic E-state index is 15.3. The number of morpholine rings is 1. The van der Waals surface area contributed by atoms with Gasteiger partial charge in [0, 0.05) is 35.8 Å². The summed E-state index contributed by atoms with van der Waals surface area (Å²) in [5.41, 5.74) is 3.44. The summed E-state index contributed by atoms with van der Waals surface area (Å²) in [5.74, 6) is -0.171. The number of hydrogen-bond donors (Lipinski definition) is 5. The molecule has 0 radical (unpaired) electrons. The normalized spacial score (nSPS) is 20.1. The zero-order chi connectivity index (χ0) is 32.2. The number of fused-ring (bicyclic) bond motifs is 1. The second-order valence-electron chi connectivity index (χ2n) is 12.3. The zero-order valence-electron chi connectivity index (χ0n) is 25.8. The molecule has 2 aliphatic rings. The number of hydrogen-bond acceptors (Lipinski definition) is 6. The van der Waals surface area contributed by atoms with Crippen LogP contribution in [-0.2, 0) is 16.0 Å². The van der Waals surface area contributed by atoms with Gasteiger partial charge in [-0.05, 0) is 86.9 Å². The number of amidine groups is 1. The first kappa shape index (κ1) is 31.9. The fourth-order valence-electron chi connectivity index (χ4n) is 6.43. The molecular formula is C34H39ClFN7O3. The van der Waals surface area contributed by atoms with Gasteiger partial charge in [-0.1, -0.05) is 30.2 Å². The van der Waals surface area contributed by atoms with Crippen molar-refractivity contribution in [3.05, 3.63) is 81.1 Å². The van der Waals surface area contributed by atoms with E-state index in [0.29, 0.717) is 52.9 Å². The molecule has 2 aromatic carbocycles. The molecule has 0 bridgehead atoms. The van der Waals surface area contributed by atoms with Gasteiger partial charge in [0.2, 0.25) is 5.91 Å². The SMILES string of the molecule is CC(=N)NCC[C@@H]1CCC[C@@H](c2ccc(-n3cc4cc(-c5cc(CCC[C@@H]6COCC(=O)N6)cc(Cl)c5F)[nH]c4nc3=O)cc2)N1. The highest BCUT2D eigenvalue weighted by molar-refractivity contribution is 6.31. The molecule has 2 saturated heterocycles. The fraction of sp³-hybridized carbons (Fsp3) is 0.412. The Labute approximate surface area is 271 Å². The largest absolute Gasteiger partial charge is 0.374 e. The molecule has 2 aliphatic heterocycles. The molecule has 0 aliphatic carbocycles. The summed E-state index contributed by atoms with van der Waals surface area (Å²) in [6.45, 7) is 3.11. The molecular weight excluding hydrogens is 609 g/mol. The average molecular weight is 648 g/mol. The molecule has 3 atom stereocenters. The van der Waals surface area contributed by atoms with Gasteiger partial charge in [-0.15, -0.1) is 0 Å². The van der Waals surface area contributed by atoms with E-state index in [2.05, 4.69) is 25.9 Å². The van der Waals surface area contributed by atoms with Crippen molar-refractivity contribution in [1.29, 1.82) is 5.41 Å².